The van der Waals surface area contributed by atoms with E-state index < -0.39 is 0 Å². The molecule has 8 aromatic rings. The molecule has 0 atom stereocenters. The molecule has 1 heterocycles. The molecule has 0 radical (unpaired) electrons. The molecule has 3 aliphatic carbocycles. The Kier molecular flexibility index (Phi) is 7.37. The molecular formula is C56H39NO. The van der Waals surface area contributed by atoms with Crippen LogP contribution in [0.2, 0.25) is 0 Å². The Bertz CT molecular complexity index is 2980. The average molecular weight is 742 g/mol. The minimum atomic E-state index is -0.359. The molecular weight excluding hydrogens is 703 g/mol. The number of benzene rings is 8. The van der Waals surface area contributed by atoms with Crippen LogP contribution in [0.5, 0.6) is 11.5 Å². The van der Waals surface area contributed by atoms with E-state index in [9.17, 15) is 0 Å². The molecule has 1 aliphatic heterocycles. The molecule has 274 valence electrons. The number of fused-ring (bicyclic) bond motifs is 12. The number of allylic oxidation sites excluding steroid dienone is 4. The monoisotopic (exact) mass is 741 g/mol. The first-order chi connectivity index (χ1) is 28.8. The number of hydrogen-bond donors (Lipinski definition) is 0. The number of para-hydroxylation sites is 2. The highest BCUT2D eigenvalue weighted by Crippen LogP contribution is 2.63. The largest absolute Gasteiger partial charge is 0.457 e. The number of rotatable bonds is 5. The van der Waals surface area contributed by atoms with E-state index in [1.54, 1.807) is 0 Å². The quantitative estimate of drug-likeness (QED) is 0.174. The first kappa shape index (κ1) is 33.0. The van der Waals surface area contributed by atoms with E-state index in [1.807, 2.05) is 0 Å². The minimum Gasteiger partial charge on any atom is -0.457 e. The van der Waals surface area contributed by atoms with Crippen LogP contribution in [-0.4, -0.2) is 0 Å². The van der Waals surface area contributed by atoms with Crippen molar-refractivity contribution in [3.05, 3.63) is 239 Å². The van der Waals surface area contributed by atoms with E-state index >= 15 is 0 Å². The third kappa shape index (κ3) is 4.85. The predicted octanol–water partition coefficient (Wildman–Crippen LogP) is 14.6. The fourth-order valence-corrected chi connectivity index (χ4v) is 10.3. The molecule has 2 heteroatoms. The van der Waals surface area contributed by atoms with Crippen molar-refractivity contribution >= 4 is 22.6 Å². The molecule has 0 saturated carbocycles. The van der Waals surface area contributed by atoms with Crippen LogP contribution in [0.1, 0.15) is 51.8 Å². The lowest BCUT2D eigenvalue weighted by Crippen LogP contribution is -2.26. The maximum Gasteiger partial charge on any atom is 0.131 e. The van der Waals surface area contributed by atoms with Gasteiger partial charge in [0.1, 0.15) is 11.5 Å². The van der Waals surface area contributed by atoms with Crippen LogP contribution < -0.4 is 9.64 Å². The fourth-order valence-electron chi connectivity index (χ4n) is 10.3. The molecule has 2 nitrogen and oxygen atoms in total. The molecule has 0 amide bonds. The standard InChI is InChI=1S/C56H39NO/c1-3-16-37(17-4-1)44-22-10-14-29-53(44)57(42-19-5-2-6-20-42)43-21-15-18-38(33-43)39-30-31-40-32-41-34-52-48(36-55(41)58-54(40)35-39)47-25-9-13-28-51(47)56(52)49-26-11-7-23-45(49)46-24-8-12-27-50(46)56/h1-3,5-16,18-31,33-36H,4,17,32H2. The Labute approximate surface area is 339 Å². The van der Waals surface area contributed by atoms with Crippen molar-refractivity contribution in [2.45, 2.75) is 24.7 Å². The number of hydrogen-bond acceptors (Lipinski definition) is 2. The summed E-state index contributed by atoms with van der Waals surface area (Å²) in [4.78, 5) is 2.40. The minimum absolute atomic E-state index is 0.359. The van der Waals surface area contributed by atoms with E-state index in [4.69, 9.17) is 4.74 Å². The average Bonchev–Trinajstić information content (AvgIpc) is 3.75. The number of ether oxygens (including phenoxy) is 1. The topological polar surface area (TPSA) is 12.5 Å². The van der Waals surface area contributed by atoms with Gasteiger partial charge in [-0.05, 0) is 134 Å². The molecule has 0 saturated heterocycles. The molecule has 8 aromatic carbocycles. The maximum absolute atomic E-state index is 6.95. The van der Waals surface area contributed by atoms with Gasteiger partial charge in [0.15, 0.2) is 0 Å². The van der Waals surface area contributed by atoms with Crippen molar-refractivity contribution < 1.29 is 4.74 Å². The van der Waals surface area contributed by atoms with Crippen LogP contribution in [0.4, 0.5) is 17.1 Å². The zero-order valence-corrected chi connectivity index (χ0v) is 32.0. The van der Waals surface area contributed by atoms with Crippen LogP contribution in [0, 0.1) is 0 Å². The highest BCUT2D eigenvalue weighted by atomic mass is 16.5. The third-order valence-electron chi connectivity index (χ3n) is 12.8. The van der Waals surface area contributed by atoms with Gasteiger partial charge in [0.05, 0.1) is 11.1 Å². The summed E-state index contributed by atoms with van der Waals surface area (Å²) >= 11 is 0. The van der Waals surface area contributed by atoms with Gasteiger partial charge in [-0.25, -0.2) is 0 Å². The first-order valence-electron chi connectivity index (χ1n) is 20.4. The summed E-state index contributed by atoms with van der Waals surface area (Å²) in [7, 11) is 0. The van der Waals surface area contributed by atoms with Crippen molar-refractivity contribution in [3.8, 4) is 44.9 Å². The molecule has 12 rings (SSSR count). The zero-order valence-electron chi connectivity index (χ0n) is 32.0. The SMILES string of the molecule is C1=CCCC(c2ccccc2N(c2ccccc2)c2cccc(-c3ccc4c(c3)Oc3cc5c(cc3C4)C3(c4ccccc4-c4ccccc43)c3ccccc3-5)c2)=C1. The summed E-state index contributed by atoms with van der Waals surface area (Å²) in [5.74, 6) is 1.87. The van der Waals surface area contributed by atoms with E-state index in [0.717, 1.165) is 53.3 Å². The van der Waals surface area contributed by atoms with Gasteiger partial charge < -0.3 is 9.64 Å². The molecule has 0 unspecified atom stereocenters. The second kappa shape index (κ2) is 12.9. The zero-order chi connectivity index (χ0) is 38.2. The predicted molar refractivity (Wildman–Crippen MR) is 239 cm³/mol. The van der Waals surface area contributed by atoms with Gasteiger partial charge in [-0.3, -0.25) is 0 Å². The van der Waals surface area contributed by atoms with Crippen molar-refractivity contribution in [3.63, 3.8) is 0 Å². The third-order valence-corrected chi connectivity index (χ3v) is 12.8. The van der Waals surface area contributed by atoms with Gasteiger partial charge in [-0.2, -0.15) is 0 Å². The van der Waals surface area contributed by atoms with E-state index in [2.05, 4.69) is 205 Å². The number of nitrogens with zero attached hydrogens (tertiary/aromatic N) is 1. The molecule has 0 fully saturated rings. The second-order valence-corrected chi connectivity index (χ2v) is 15.9. The van der Waals surface area contributed by atoms with Gasteiger partial charge in [0.2, 0.25) is 0 Å². The Balaban J connectivity index is 0.941. The van der Waals surface area contributed by atoms with Crippen LogP contribution in [0.15, 0.2) is 200 Å². The van der Waals surface area contributed by atoms with E-state index in [1.165, 1.54) is 72.5 Å². The van der Waals surface area contributed by atoms with Crippen LogP contribution in [0.3, 0.4) is 0 Å². The van der Waals surface area contributed by atoms with Crippen LogP contribution >= 0.6 is 0 Å². The smallest absolute Gasteiger partial charge is 0.131 e. The summed E-state index contributed by atoms with van der Waals surface area (Å²) in [5.41, 5.74) is 21.0. The van der Waals surface area contributed by atoms with E-state index in [0.29, 0.717) is 0 Å². The summed E-state index contributed by atoms with van der Waals surface area (Å²) in [6.45, 7) is 0. The van der Waals surface area contributed by atoms with Crippen LogP contribution in [-0.2, 0) is 11.8 Å². The lowest BCUT2D eigenvalue weighted by molar-refractivity contribution is 0.460. The molecule has 0 bridgehead atoms. The summed E-state index contributed by atoms with van der Waals surface area (Å²) in [5, 5.41) is 0. The highest BCUT2D eigenvalue weighted by Gasteiger charge is 2.52. The molecule has 4 aliphatic rings. The summed E-state index contributed by atoms with van der Waals surface area (Å²) < 4.78 is 6.95. The molecule has 0 N–H and O–H groups in total. The van der Waals surface area contributed by atoms with Crippen molar-refractivity contribution in [2.75, 3.05) is 4.90 Å². The van der Waals surface area contributed by atoms with E-state index in [-0.39, 0.29) is 5.41 Å². The van der Waals surface area contributed by atoms with Crippen molar-refractivity contribution in [1.82, 2.24) is 0 Å². The Hall–Kier alpha value is -7.16. The first-order valence-corrected chi connectivity index (χ1v) is 20.4. The lowest BCUT2D eigenvalue weighted by atomic mass is 9.70. The van der Waals surface area contributed by atoms with Crippen LogP contribution in [0.25, 0.3) is 39.0 Å². The van der Waals surface area contributed by atoms with Gasteiger partial charge in [-0.15, -0.1) is 0 Å². The normalized spacial score (nSPS) is 14.7. The molecule has 0 aromatic heterocycles. The Morgan fingerprint density at radius 1 is 0.448 bits per heavy atom. The number of anilines is 3. The maximum atomic E-state index is 6.95. The summed E-state index contributed by atoms with van der Waals surface area (Å²) in [6, 6.07) is 67.0. The highest BCUT2D eigenvalue weighted by molar-refractivity contribution is 5.96. The van der Waals surface area contributed by atoms with Gasteiger partial charge in [0, 0.05) is 23.4 Å². The second-order valence-electron chi connectivity index (χ2n) is 15.9. The molecule has 58 heavy (non-hydrogen) atoms. The van der Waals surface area contributed by atoms with Crippen molar-refractivity contribution in [2.24, 2.45) is 0 Å². The molecule has 1 spiro atoms. The fraction of sp³-hybridized carbons (Fsp3) is 0.0714. The van der Waals surface area contributed by atoms with Gasteiger partial charge in [-0.1, -0.05) is 152 Å². The Morgan fingerprint density at radius 2 is 1.07 bits per heavy atom. The van der Waals surface area contributed by atoms with Gasteiger partial charge >= 0.3 is 0 Å². The lowest BCUT2D eigenvalue weighted by Gasteiger charge is -2.31. The van der Waals surface area contributed by atoms with Gasteiger partial charge in [0.25, 0.3) is 0 Å². The summed E-state index contributed by atoms with van der Waals surface area (Å²) in [6.07, 6.45) is 9.62. The van der Waals surface area contributed by atoms with Crippen molar-refractivity contribution in [1.29, 1.82) is 0 Å². The Morgan fingerprint density at radius 3 is 1.79 bits per heavy atom.